The van der Waals surface area contributed by atoms with Crippen LogP contribution in [-0.2, 0) is 15.1 Å². The van der Waals surface area contributed by atoms with Crippen molar-refractivity contribution in [1.82, 2.24) is 5.32 Å². The van der Waals surface area contributed by atoms with Gasteiger partial charge in [0.15, 0.2) is 0 Å². The summed E-state index contributed by atoms with van der Waals surface area (Å²) in [6.07, 6.45) is 0.934. The summed E-state index contributed by atoms with van der Waals surface area (Å²) < 4.78 is 10.4. The van der Waals surface area contributed by atoms with Crippen molar-refractivity contribution < 1.29 is 14.3 Å². The van der Waals surface area contributed by atoms with Crippen LogP contribution in [0.2, 0.25) is 0 Å². The van der Waals surface area contributed by atoms with Crippen molar-refractivity contribution in [3.05, 3.63) is 29.8 Å². The Labute approximate surface area is 121 Å². The average Bonchev–Trinajstić information content (AvgIpc) is 2.47. The standard InChI is InChI=1S/C16H25NO3/c1-6-12(3)17-16(4,15(18)19-5)13-8-10-14(11-9-13)20-7-2/h8-12,17H,6-7H2,1-5H3. The molecular formula is C16H25NO3. The van der Waals surface area contributed by atoms with Gasteiger partial charge in [0, 0.05) is 6.04 Å². The van der Waals surface area contributed by atoms with Crippen molar-refractivity contribution >= 4 is 5.97 Å². The van der Waals surface area contributed by atoms with Gasteiger partial charge in [-0.25, -0.2) is 4.79 Å². The molecule has 20 heavy (non-hydrogen) atoms. The van der Waals surface area contributed by atoms with Crippen LogP contribution in [0.25, 0.3) is 0 Å². The molecule has 0 spiro atoms. The zero-order valence-electron chi connectivity index (χ0n) is 13.0. The van der Waals surface area contributed by atoms with E-state index < -0.39 is 5.54 Å². The van der Waals surface area contributed by atoms with Crippen LogP contribution < -0.4 is 10.1 Å². The van der Waals surface area contributed by atoms with Gasteiger partial charge in [0.2, 0.25) is 0 Å². The van der Waals surface area contributed by atoms with E-state index in [0.29, 0.717) is 6.61 Å². The van der Waals surface area contributed by atoms with Crippen molar-refractivity contribution in [3.8, 4) is 5.75 Å². The molecule has 0 saturated heterocycles. The minimum Gasteiger partial charge on any atom is -0.494 e. The van der Waals surface area contributed by atoms with Crippen molar-refractivity contribution in [1.29, 1.82) is 0 Å². The van der Waals surface area contributed by atoms with Gasteiger partial charge >= 0.3 is 5.97 Å². The number of carbonyl (C=O) groups is 1. The lowest BCUT2D eigenvalue weighted by Gasteiger charge is -2.31. The Kier molecular flexibility index (Phi) is 6.02. The number of methoxy groups -OCH3 is 1. The average molecular weight is 279 g/mol. The van der Waals surface area contributed by atoms with E-state index in [-0.39, 0.29) is 12.0 Å². The number of hydrogen-bond acceptors (Lipinski definition) is 4. The second-order valence-corrected chi connectivity index (χ2v) is 5.03. The third-order valence-electron chi connectivity index (χ3n) is 3.48. The van der Waals surface area contributed by atoms with E-state index >= 15 is 0 Å². The summed E-state index contributed by atoms with van der Waals surface area (Å²) >= 11 is 0. The molecule has 4 heteroatoms. The Bertz CT molecular complexity index is 430. The molecular weight excluding hydrogens is 254 g/mol. The van der Waals surface area contributed by atoms with Crippen molar-refractivity contribution in [2.75, 3.05) is 13.7 Å². The number of ether oxygens (including phenoxy) is 2. The van der Waals surface area contributed by atoms with Crippen LogP contribution in [0.5, 0.6) is 5.75 Å². The molecule has 0 bridgehead atoms. The first-order chi connectivity index (χ1) is 9.47. The van der Waals surface area contributed by atoms with E-state index in [2.05, 4.69) is 19.2 Å². The molecule has 1 aromatic carbocycles. The van der Waals surface area contributed by atoms with E-state index in [1.165, 1.54) is 7.11 Å². The first-order valence-electron chi connectivity index (χ1n) is 7.07. The Morgan fingerprint density at radius 1 is 1.30 bits per heavy atom. The monoisotopic (exact) mass is 279 g/mol. The lowest BCUT2D eigenvalue weighted by Crippen LogP contribution is -2.50. The van der Waals surface area contributed by atoms with Gasteiger partial charge in [-0.2, -0.15) is 0 Å². The molecule has 1 rings (SSSR count). The Morgan fingerprint density at radius 2 is 1.90 bits per heavy atom. The number of rotatable bonds is 7. The van der Waals surface area contributed by atoms with Gasteiger partial charge in [0.25, 0.3) is 0 Å². The topological polar surface area (TPSA) is 47.6 Å². The van der Waals surface area contributed by atoms with Crippen LogP contribution >= 0.6 is 0 Å². The van der Waals surface area contributed by atoms with Gasteiger partial charge in [-0.15, -0.1) is 0 Å². The van der Waals surface area contributed by atoms with E-state index in [1.807, 2.05) is 38.1 Å². The minimum absolute atomic E-state index is 0.214. The molecule has 0 radical (unpaired) electrons. The molecule has 112 valence electrons. The third kappa shape index (κ3) is 3.73. The summed E-state index contributed by atoms with van der Waals surface area (Å²) in [7, 11) is 1.41. The molecule has 0 aromatic heterocycles. The smallest absolute Gasteiger partial charge is 0.330 e. The van der Waals surface area contributed by atoms with Crippen LogP contribution in [0.3, 0.4) is 0 Å². The fourth-order valence-corrected chi connectivity index (χ4v) is 2.11. The molecule has 0 heterocycles. The van der Waals surface area contributed by atoms with Gasteiger partial charge in [-0.1, -0.05) is 19.1 Å². The summed E-state index contributed by atoms with van der Waals surface area (Å²) in [6.45, 7) is 8.54. The number of benzene rings is 1. The lowest BCUT2D eigenvalue weighted by atomic mass is 9.90. The summed E-state index contributed by atoms with van der Waals surface area (Å²) in [6, 6.07) is 7.76. The minimum atomic E-state index is -0.852. The van der Waals surface area contributed by atoms with Crippen LogP contribution in [-0.4, -0.2) is 25.7 Å². The zero-order valence-corrected chi connectivity index (χ0v) is 13.0. The maximum absolute atomic E-state index is 12.2. The van der Waals surface area contributed by atoms with Gasteiger partial charge in [-0.3, -0.25) is 5.32 Å². The van der Waals surface area contributed by atoms with Crippen molar-refractivity contribution in [2.45, 2.75) is 45.7 Å². The highest BCUT2D eigenvalue weighted by Crippen LogP contribution is 2.25. The molecule has 1 N–H and O–H groups in total. The van der Waals surface area contributed by atoms with E-state index in [9.17, 15) is 4.79 Å². The van der Waals surface area contributed by atoms with Gasteiger partial charge in [0.1, 0.15) is 11.3 Å². The number of hydrogen-bond donors (Lipinski definition) is 1. The molecule has 4 nitrogen and oxygen atoms in total. The molecule has 1 aromatic rings. The SMILES string of the molecule is CCOc1ccc(C(C)(NC(C)CC)C(=O)OC)cc1. The van der Waals surface area contributed by atoms with E-state index in [4.69, 9.17) is 9.47 Å². The molecule has 0 fully saturated rings. The summed E-state index contributed by atoms with van der Waals surface area (Å²) in [5.74, 6) is 0.508. The van der Waals surface area contributed by atoms with Crippen molar-refractivity contribution in [3.63, 3.8) is 0 Å². The zero-order chi connectivity index (χ0) is 15.2. The Hall–Kier alpha value is -1.55. The fraction of sp³-hybridized carbons (Fsp3) is 0.562. The molecule has 2 atom stereocenters. The highest BCUT2D eigenvalue weighted by molar-refractivity contribution is 5.82. The molecule has 0 aliphatic heterocycles. The highest BCUT2D eigenvalue weighted by atomic mass is 16.5. The normalized spacial score (nSPS) is 15.2. The van der Waals surface area contributed by atoms with Crippen molar-refractivity contribution in [2.24, 2.45) is 0 Å². The number of nitrogens with one attached hydrogen (secondary N) is 1. The molecule has 0 aliphatic carbocycles. The maximum atomic E-state index is 12.2. The summed E-state index contributed by atoms with van der Waals surface area (Å²) in [4.78, 5) is 12.2. The van der Waals surface area contributed by atoms with Crippen LogP contribution in [0, 0.1) is 0 Å². The van der Waals surface area contributed by atoms with Crippen LogP contribution in [0.4, 0.5) is 0 Å². The summed E-state index contributed by atoms with van der Waals surface area (Å²) in [5.41, 5.74) is 0.0164. The Morgan fingerprint density at radius 3 is 2.35 bits per heavy atom. The quantitative estimate of drug-likeness (QED) is 0.780. The van der Waals surface area contributed by atoms with Crippen LogP contribution in [0.1, 0.15) is 39.7 Å². The maximum Gasteiger partial charge on any atom is 0.330 e. The Balaban J connectivity index is 3.06. The van der Waals surface area contributed by atoms with Gasteiger partial charge in [-0.05, 0) is 44.9 Å². The second-order valence-electron chi connectivity index (χ2n) is 5.03. The van der Waals surface area contributed by atoms with E-state index in [1.54, 1.807) is 0 Å². The first-order valence-corrected chi connectivity index (χ1v) is 7.07. The molecule has 0 aliphatic rings. The van der Waals surface area contributed by atoms with Gasteiger partial charge < -0.3 is 9.47 Å². The fourth-order valence-electron chi connectivity index (χ4n) is 2.11. The predicted octanol–water partition coefficient (Wildman–Crippen LogP) is 2.86. The molecule has 2 unspecified atom stereocenters. The van der Waals surface area contributed by atoms with Gasteiger partial charge in [0.05, 0.1) is 13.7 Å². The highest BCUT2D eigenvalue weighted by Gasteiger charge is 2.37. The lowest BCUT2D eigenvalue weighted by molar-refractivity contribution is -0.148. The molecule has 0 amide bonds. The number of esters is 1. The predicted molar refractivity (Wildman–Crippen MR) is 79.9 cm³/mol. The summed E-state index contributed by atoms with van der Waals surface area (Å²) in [5, 5.41) is 3.35. The first kappa shape index (κ1) is 16.5. The molecule has 0 saturated carbocycles. The third-order valence-corrected chi connectivity index (χ3v) is 3.48. The second kappa shape index (κ2) is 7.29. The van der Waals surface area contributed by atoms with E-state index in [0.717, 1.165) is 17.7 Å². The largest absolute Gasteiger partial charge is 0.494 e. The number of carbonyl (C=O) groups excluding carboxylic acids is 1. The van der Waals surface area contributed by atoms with Crippen LogP contribution in [0.15, 0.2) is 24.3 Å².